The predicted molar refractivity (Wildman–Crippen MR) is 87.7 cm³/mol. The highest BCUT2D eigenvalue weighted by Gasteiger charge is 2.54. The van der Waals surface area contributed by atoms with Crippen LogP contribution in [0.2, 0.25) is 0 Å². The van der Waals surface area contributed by atoms with Crippen LogP contribution in [0.25, 0.3) is 0 Å². The Kier molecular flexibility index (Phi) is 3.13. The van der Waals surface area contributed by atoms with E-state index in [1.54, 1.807) is 11.3 Å². The molecule has 5 rings (SSSR count). The highest BCUT2D eigenvalue weighted by atomic mass is 32.1. The van der Waals surface area contributed by atoms with Gasteiger partial charge in [-0.1, -0.05) is 0 Å². The minimum atomic E-state index is -0.146. The van der Waals surface area contributed by atoms with Crippen LogP contribution in [0.15, 0.2) is 0 Å². The fourth-order valence-corrected chi connectivity index (χ4v) is 6.48. The predicted octanol–water partition coefficient (Wildman–Crippen LogP) is 4.39. The molecule has 0 aromatic carbocycles. The van der Waals surface area contributed by atoms with Gasteiger partial charge in [-0.05, 0) is 75.7 Å². The topological polar surface area (TPSA) is 52.9 Å². The summed E-state index contributed by atoms with van der Waals surface area (Å²) in [4.78, 5) is 14.2. The quantitative estimate of drug-likeness (QED) is 0.880. The number of hydrogen-bond acceptors (Lipinski definition) is 3. The van der Waals surface area contributed by atoms with Gasteiger partial charge in [-0.25, -0.2) is 0 Å². The number of nitrogens with zero attached hydrogens (tertiary/aromatic N) is 1. The molecular weight excluding hydrogens is 292 g/mol. The summed E-state index contributed by atoms with van der Waals surface area (Å²) in [6, 6.07) is 2.26. The third-order valence-corrected chi connectivity index (χ3v) is 7.37. The van der Waals surface area contributed by atoms with Crippen molar-refractivity contribution in [1.82, 2.24) is 0 Å². The lowest BCUT2D eigenvalue weighted by molar-refractivity contribution is -0.140. The summed E-state index contributed by atoms with van der Waals surface area (Å²) in [6.07, 6.45) is 7.22. The number of amides is 1. The Hall–Kier alpha value is -1.34. The van der Waals surface area contributed by atoms with E-state index in [-0.39, 0.29) is 11.3 Å². The largest absolute Gasteiger partial charge is 0.316 e. The van der Waals surface area contributed by atoms with E-state index in [1.807, 2.05) is 13.8 Å². The molecule has 22 heavy (non-hydrogen) atoms. The summed E-state index contributed by atoms with van der Waals surface area (Å²) in [5.74, 6) is 2.47. The van der Waals surface area contributed by atoms with Gasteiger partial charge in [0.05, 0.1) is 11.0 Å². The number of carbonyl (C=O) groups is 1. The first-order valence-electron chi connectivity index (χ1n) is 8.32. The van der Waals surface area contributed by atoms with E-state index < -0.39 is 0 Å². The van der Waals surface area contributed by atoms with Crippen LogP contribution in [0.5, 0.6) is 0 Å². The molecule has 0 saturated heterocycles. The molecule has 0 spiro atoms. The maximum atomic E-state index is 13.0. The molecule has 0 aliphatic heterocycles. The first-order chi connectivity index (χ1) is 10.5. The number of nitriles is 1. The van der Waals surface area contributed by atoms with Gasteiger partial charge in [-0.3, -0.25) is 4.79 Å². The van der Waals surface area contributed by atoms with Gasteiger partial charge in [0.2, 0.25) is 5.91 Å². The van der Waals surface area contributed by atoms with Crippen molar-refractivity contribution in [3.63, 3.8) is 0 Å². The number of thiophene rings is 1. The fourth-order valence-electron chi connectivity index (χ4n) is 5.47. The van der Waals surface area contributed by atoms with Crippen LogP contribution in [0, 0.1) is 48.3 Å². The fraction of sp³-hybridized carbons (Fsp3) is 0.667. The zero-order valence-corrected chi connectivity index (χ0v) is 14.1. The normalized spacial score (nSPS) is 35.4. The molecule has 0 radical (unpaired) electrons. The second-order valence-electron chi connectivity index (χ2n) is 7.75. The summed E-state index contributed by atoms with van der Waals surface area (Å²) in [7, 11) is 0. The van der Waals surface area contributed by atoms with Crippen molar-refractivity contribution < 1.29 is 4.79 Å². The molecule has 1 aromatic rings. The van der Waals surface area contributed by atoms with E-state index >= 15 is 0 Å². The van der Waals surface area contributed by atoms with Gasteiger partial charge in [0.1, 0.15) is 11.1 Å². The lowest BCUT2D eigenvalue weighted by Gasteiger charge is -2.55. The third-order valence-electron chi connectivity index (χ3n) is 6.24. The molecule has 1 amide bonds. The van der Waals surface area contributed by atoms with Crippen molar-refractivity contribution in [3.8, 4) is 6.07 Å². The van der Waals surface area contributed by atoms with Gasteiger partial charge in [0.15, 0.2) is 0 Å². The highest BCUT2D eigenvalue weighted by Crippen LogP contribution is 2.60. The first kappa shape index (κ1) is 14.3. The molecule has 4 aliphatic rings. The standard InChI is InChI=1S/C18H22N2OS/c1-10-11(2)22-16(15(10)9-19)20-17(21)18-6-12-3-13(7-18)5-14(4-12)8-18/h12-14H,3-8H2,1-2H3,(H,20,21). The number of anilines is 1. The van der Waals surface area contributed by atoms with E-state index in [1.165, 1.54) is 19.3 Å². The van der Waals surface area contributed by atoms with Crippen LogP contribution in [0.3, 0.4) is 0 Å². The Bertz CT molecular complexity index is 647. The summed E-state index contributed by atoms with van der Waals surface area (Å²) in [5.41, 5.74) is 1.52. The second-order valence-corrected chi connectivity index (χ2v) is 8.98. The number of carbonyl (C=O) groups excluding carboxylic acids is 1. The molecule has 4 aliphatic carbocycles. The summed E-state index contributed by atoms with van der Waals surface area (Å²) in [6.45, 7) is 3.98. The van der Waals surface area contributed by atoms with Crippen LogP contribution in [0.1, 0.15) is 54.5 Å². The van der Waals surface area contributed by atoms with Crippen LogP contribution >= 0.6 is 11.3 Å². The van der Waals surface area contributed by atoms with E-state index in [0.717, 1.165) is 52.5 Å². The Morgan fingerprint density at radius 2 is 1.73 bits per heavy atom. The molecule has 116 valence electrons. The smallest absolute Gasteiger partial charge is 0.231 e. The van der Waals surface area contributed by atoms with Gasteiger partial charge >= 0.3 is 0 Å². The van der Waals surface area contributed by atoms with Crippen molar-refractivity contribution in [2.75, 3.05) is 5.32 Å². The monoisotopic (exact) mass is 314 g/mol. The van der Waals surface area contributed by atoms with E-state index in [2.05, 4.69) is 11.4 Å². The lowest BCUT2D eigenvalue weighted by Crippen LogP contribution is -2.51. The van der Waals surface area contributed by atoms with Gasteiger partial charge in [-0.15, -0.1) is 11.3 Å². The molecule has 4 heteroatoms. The van der Waals surface area contributed by atoms with Crippen molar-refractivity contribution in [1.29, 1.82) is 5.26 Å². The summed E-state index contributed by atoms with van der Waals surface area (Å²) in [5, 5.41) is 13.3. The molecule has 4 saturated carbocycles. The Labute approximate surface area is 135 Å². The number of rotatable bonds is 2. The van der Waals surface area contributed by atoms with Crippen molar-refractivity contribution in [2.45, 2.75) is 52.4 Å². The zero-order chi connectivity index (χ0) is 15.5. The average molecular weight is 314 g/mol. The van der Waals surface area contributed by atoms with Crippen molar-refractivity contribution in [2.24, 2.45) is 23.2 Å². The Morgan fingerprint density at radius 1 is 1.18 bits per heavy atom. The minimum absolute atomic E-state index is 0.146. The van der Waals surface area contributed by atoms with Crippen LogP contribution in [0.4, 0.5) is 5.00 Å². The Balaban J connectivity index is 1.61. The molecule has 1 aromatic heterocycles. The number of nitrogens with one attached hydrogen (secondary N) is 1. The van der Waals surface area contributed by atoms with E-state index in [4.69, 9.17) is 0 Å². The third kappa shape index (κ3) is 2.02. The molecule has 0 atom stereocenters. The van der Waals surface area contributed by atoms with Gasteiger partial charge in [0, 0.05) is 4.88 Å². The molecule has 4 bridgehead atoms. The van der Waals surface area contributed by atoms with Crippen molar-refractivity contribution in [3.05, 3.63) is 16.0 Å². The summed E-state index contributed by atoms with van der Waals surface area (Å²) < 4.78 is 0. The lowest BCUT2D eigenvalue weighted by atomic mass is 9.49. The van der Waals surface area contributed by atoms with E-state index in [0.29, 0.717) is 5.56 Å². The summed E-state index contributed by atoms with van der Waals surface area (Å²) >= 11 is 1.54. The van der Waals surface area contributed by atoms with Gasteiger partial charge in [0.25, 0.3) is 0 Å². The number of aryl methyl sites for hydroxylation is 1. The SMILES string of the molecule is Cc1sc(NC(=O)C23CC4CC(CC(C4)C2)C3)c(C#N)c1C. The molecule has 1 heterocycles. The maximum absolute atomic E-state index is 13.0. The molecule has 4 fully saturated rings. The van der Waals surface area contributed by atoms with Crippen LogP contribution in [-0.2, 0) is 4.79 Å². The average Bonchev–Trinajstić information content (AvgIpc) is 2.71. The minimum Gasteiger partial charge on any atom is -0.316 e. The van der Waals surface area contributed by atoms with Gasteiger partial charge < -0.3 is 5.32 Å². The van der Waals surface area contributed by atoms with E-state index in [9.17, 15) is 10.1 Å². The second kappa shape index (κ2) is 4.83. The molecule has 3 nitrogen and oxygen atoms in total. The Morgan fingerprint density at radius 3 is 2.23 bits per heavy atom. The van der Waals surface area contributed by atoms with Crippen LogP contribution < -0.4 is 5.32 Å². The van der Waals surface area contributed by atoms with Crippen molar-refractivity contribution >= 4 is 22.2 Å². The first-order valence-corrected chi connectivity index (χ1v) is 9.14. The highest BCUT2D eigenvalue weighted by molar-refractivity contribution is 7.16. The van der Waals surface area contributed by atoms with Crippen LogP contribution in [-0.4, -0.2) is 5.91 Å². The van der Waals surface area contributed by atoms with Gasteiger partial charge in [-0.2, -0.15) is 5.26 Å². The number of hydrogen-bond donors (Lipinski definition) is 1. The molecule has 1 N–H and O–H groups in total. The maximum Gasteiger partial charge on any atom is 0.231 e. The molecular formula is C18H22N2OS. The zero-order valence-electron chi connectivity index (χ0n) is 13.2. The molecule has 0 unspecified atom stereocenters.